The number of aromatic nitrogens is 2. The monoisotopic (exact) mass is 243 g/mol. The first-order valence-corrected chi connectivity index (χ1v) is 6.89. The zero-order valence-electron chi connectivity index (χ0n) is 10.5. The summed E-state index contributed by atoms with van der Waals surface area (Å²) in [6.07, 6.45) is 3.75. The Kier molecular flexibility index (Phi) is 4.80. The molecule has 0 bridgehead atoms. The summed E-state index contributed by atoms with van der Waals surface area (Å²) in [5, 5.41) is 3.96. The van der Waals surface area contributed by atoms with E-state index in [9.17, 15) is 0 Å². The molecule has 5 heteroatoms. The lowest BCUT2D eigenvalue weighted by molar-refractivity contribution is 0.338. The largest absolute Gasteiger partial charge is 0.338 e. The molecule has 1 aromatic heterocycles. The average molecular weight is 243 g/mol. The smallest absolute Gasteiger partial charge is 0.243 e. The quantitative estimate of drug-likeness (QED) is 0.860. The fourth-order valence-corrected chi connectivity index (χ4v) is 1.82. The first kappa shape index (κ1) is 13.5. The first-order chi connectivity index (χ1) is 7.42. The first-order valence-electron chi connectivity index (χ1n) is 5.49. The molecule has 2 N–H and O–H groups in total. The minimum Gasteiger partial charge on any atom is -0.338 e. The van der Waals surface area contributed by atoms with Crippen LogP contribution in [0.5, 0.6) is 0 Å². The second-order valence-electron chi connectivity index (χ2n) is 5.17. The van der Waals surface area contributed by atoms with Crippen molar-refractivity contribution in [3.05, 3.63) is 11.7 Å². The van der Waals surface area contributed by atoms with E-state index in [4.69, 9.17) is 10.3 Å². The maximum atomic E-state index is 5.95. The van der Waals surface area contributed by atoms with Crippen LogP contribution < -0.4 is 5.73 Å². The molecule has 1 atom stereocenters. The van der Waals surface area contributed by atoms with E-state index in [0.717, 1.165) is 24.4 Å². The van der Waals surface area contributed by atoms with Gasteiger partial charge in [-0.2, -0.15) is 16.7 Å². The van der Waals surface area contributed by atoms with Gasteiger partial charge in [-0.3, -0.25) is 0 Å². The van der Waals surface area contributed by atoms with Gasteiger partial charge >= 0.3 is 0 Å². The molecule has 0 saturated carbocycles. The van der Waals surface area contributed by atoms with Gasteiger partial charge in [0.05, 0.1) is 6.04 Å². The molecular weight excluding hydrogens is 222 g/mol. The Balaban J connectivity index is 2.57. The summed E-state index contributed by atoms with van der Waals surface area (Å²) >= 11 is 1.77. The van der Waals surface area contributed by atoms with Gasteiger partial charge in [-0.05, 0) is 23.8 Å². The summed E-state index contributed by atoms with van der Waals surface area (Å²) < 4.78 is 5.17. The normalized spacial score (nSPS) is 14.1. The molecule has 1 aromatic rings. The van der Waals surface area contributed by atoms with Crippen molar-refractivity contribution in [2.45, 2.75) is 39.7 Å². The van der Waals surface area contributed by atoms with E-state index in [1.807, 2.05) is 0 Å². The summed E-state index contributed by atoms with van der Waals surface area (Å²) in [6, 6.07) is -0.131. The Hall–Kier alpha value is -0.550. The molecule has 0 aliphatic rings. The molecule has 4 nitrogen and oxygen atoms in total. The van der Waals surface area contributed by atoms with Crippen LogP contribution in [0.2, 0.25) is 0 Å². The van der Waals surface area contributed by atoms with E-state index < -0.39 is 0 Å². The molecule has 0 aliphatic carbocycles. The fourth-order valence-electron chi connectivity index (χ4n) is 1.33. The van der Waals surface area contributed by atoms with Gasteiger partial charge in [0.1, 0.15) is 0 Å². The van der Waals surface area contributed by atoms with Crippen molar-refractivity contribution < 1.29 is 4.52 Å². The van der Waals surface area contributed by atoms with E-state index in [-0.39, 0.29) is 11.5 Å². The number of hydrogen-bond acceptors (Lipinski definition) is 5. The van der Waals surface area contributed by atoms with Crippen LogP contribution in [0.1, 0.15) is 44.9 Å². The predicted octanol–water partition coefficient (Wildman–Crippen LogP) is 2.41. The molecule has 16 heavy (non-hydrogen) atoms. The van der Waals surface area contributed by atoms with Crippen LogP contribution in [-0.2, 0) is 6.42 Å². The van der Waals surface area contributed by atoms with Crippen molar-refractivity contribution in [1.29, 1.82) is 0 Å². The number of hydrogen-bond donors (Lipinski definition) is 1. The van der Waals surface area contributed by atoms with E-state index in [0.29, 0.717) is 5.89 Å². The summed E-state index contributed by atoms with van der Waals surface area (Å²) in [5.74, 6) is 2.33. The maximum absolute atomic E-state index is 5.95. The van der Waals surface area contributed by atoms with Crippen molar-refractivity contribution in [3.8, 4) is 0 Å². The number of thioether (sulfide) groups is 1. The van der Waals surface area contributed by atoms with Gasteiger partial charge in [0, 0.05) is 6.42 Å². The summed E-state index contributed by atoms with van der Waals surface area (Å²) in [5.41, 5.74) is 6.12. The Morgan fingerprint density at radius 2 is 2.12 bits per heavy atom. The van der Waals surface area contributed by atoms with Gasteiger partial charge in [-0.25, -0.2) is 0 Å². The standard InChI is InChI=1S/C11H21N3OS/c1-11(2,3)7-9-13-10(15-14-9)8(12)5-6-16-4/h8H,5-7,12H2,1-4H3. The third-order valence-corrected chi connectivity index (χ3v) is 2.77. The number of rotatable bonds is 5. The molecular formula is C11H21N3OS. The van der Waals surface area contributed by atoms with Crippen LogP contribution in [0.25, 0.3) is 0 Å². The maximum Gasteiger partial charge on any atom is 0.243 e. The number of nitrogens with zero attached hydrogens (tertiary/aromatic N) is 2. The molecule has 92 valence electrons. The Labute approximate surface area is 101 Å². The minimum absolute atomic E-state index is 0.131. The summed E-state index contributed by atoms with van der Waals surface area (Å²) in [7, 11) is 0. The van der Waals surface area contributed by atoms with Gasteiger partial charge < -0.3 is 10.3 Å². The molecule has 1 rings (SSSR count). The number of nitrogens with two attached hydrogens (primary N) is 1. The zero-order valence-corrected chi connectivity index (χ0v) is 11.3. The molecule has 0 fully saturated rings. The SMILES string of the molecule is CSCCC(N)c1nc(CC(C)(C)C)no1. The van der Waals surface area contributed by atoms with E-state index >= 15 is 0 Å². The van der Waals surface area contributed by atoms with Gasteiger partial charge in [-0.1, -0.05) is 25.9 Å². The summed E-state index contributed by atoms with van der Waals surface area (Å²) in [6.45, 7) is 6.45. The lowest BCUT2D eigenvalue weighted by atomic mass is 9.92. The predicted molar refractivity (Wildman–Crippen MR) is 67.4 cm³/mol. The highest BCUT2D eigenvalue weighted by atomic mass is 32.2. The van der Waals surface area contributed by atoms with Gasteiger partial charge in [0.2, 0.25) is 5.89 Å². The van der Waals surface area contributed by atoms with Crippen molar-refractivity contribution in [1.82, 2.24) is 10.1 Å². The Morgan fingerprint density at radius 1 is 1.44 bits per heavy atom. The van der Waals surface area contributed by atoms with Crippen molar-refractivity contribution >= 4 is 11.8 Å². The van der Waals surface area contributed by atoms with Crippen LogP contribution in [0.3, 0.4) is 0 Å². The van der Waals surface area contributed by atoms with Gasteiger partial charge in [0.25, 0.3) is 0 Å². The molecule has 0 aliphatic heterocycles. The fraction of sp³-hybridized carbons (Fsp3) is 0.818. The second kappa shape index (κ2) is 5.68. The Bertz CT molecular complexity index is 319. The molecule has 0 radical (unpaired) electrons. The minimum atomic E-state index is -0.131. The Morgan fingerprint density at radius 3 is 2.69 bits per heavy atom. The molecule has 1 unspecified atom stereocenters. The molecule has 0 saturated heterocycles. The van der Waals surface area contributed by atoms with Gasteiger partial charge in [-0.15, -0.1) is 0 Å². The lowest BCUT2D eigenvalue weighted by Crippen LogP contribution is -2.13. The lowest BCUT2D eigenvalue weighted by Gasteiger charge is -2.14. The van der Waals surface area contributed by atoms with Crippen LogP contribution in [0.4, 0.5) is 0 Å². The highest BCUT2D eigenvalue weighted by Crippen LogP contribution is 2.20. The van der Waals surface area contributed by atoms with E-state index in [1.54, 1.807) is 11.8 Å². The molecule has 0 amide bonds. The van der Waals surface area contributed by atoms with Crippen LogP contribution in [0, 0.1) is 5.41 Å². The topological polar surface area (TPSA) is 64.9 Å². The molecule has 0 spiro atoms. The van der Waals surface area contributed by atoms with Crippen molar-refractivity contribution in [3.63, 3.8) is 0 Å². The van der Waals surface area contributed by atoms with Gasteiger partial charge in [0.15, 0.2) is 5.82 Å². The summed E-state index contributed by atoms with van der Waals surface area (Å²) in [4.78, 5) is 4.34. The zero-order chi connectivity index (χ0) is 12.2. The van der Waals surface area contributed by atoms with Crippen molar-refractivity contribution in [2.75, 3.05) is 12.0 Å². The van der Waals surface area contributed by atoms with Crippen LogP contribution >= 0.6 is 11.8 Å². The van der Waals surface area contributed by atoms with Crippen LogP contribution in [0.15, 0.2) is 4.52 Å². The third kappa shape index (κ3) is 4.53. The molecule has 0 aromatic carbocycles. The molecule has 1 heterocycles. The highest BCUT2D eigenvalue weighted by molar-refractivity contribution is 7.98. The average Bonchev–Trinajstić information content (AvgIpc) is 2.59. The van der Waals surface area contributed by atoms with E-state index in [1.165, 1.54) is 0 Å². The van der Waals surface area contributed by atoms with E-state index in [2.05, 4.69) is 37.2 Å². The highest BCUT2D eigenvalue weighted by Gasteiger charge is 2.18. The third-order valence-electron chi connectivity index (χ3n) is 2.12. The second-order valence-corrected chi connectivity index (χ2v) is 6.16. The van der Waals surface area contributed by atoms with Crippen LogP contribution in [-0.4, -0.2) is 22.1 Å². The van der Waals surface area contributed by atoms with Crippen molar-refractivity contribution in [2.24, 2.45) is 11.1 Å².